The van der Waals surface area contributed by atoms with Crippen LogP contribution in [0, 0.1) is 0 Å². The molecule has 1 atom stereocenters. The summed E-state index contributed by atoms with van der Waals surface area (Å²) < 4.78 is 8.69. The molecule has 0 aliphatic heterocycles. The van der Waals surface area contributed by atoms with Gasteiger partial charge in [-0.05, 0) is 66.4 Å². The van der Waals surface area contributed by atoms with Crippen molar-refractivity contribution in [2.75, 3.05) is 12.8 Å². The van der Waals surface area contributed by atoms with Crippen molar-refractivity contribution in [3.8, 4) is 22.9 Å². The lowest BCUT2D eigenvalue weighted by Crippen LogP contribution is -2.11. The highest BCUT2D eigenvalue weighted by molar-refractivity contribution is 5.84. The van der Waals surface area contributed by atoms with Crippen LogP contribution < -0.4 is 5.73 Å². The molecule has 0 spiro atoms. The van der Waals surface area contributed by atoms with E-state index >= 15 is 0 Å². The molecule has 0 saturated carbocycles. The van der Waals surface area contributed by atoms with Gasteiger partial charge in [0, 0.05) is 24.3 Å². The number of anilines is 1. The fourth-order valence-electron chi connectivity index (χ4n) is 4.64. The molecule has 2 N–H and O–H groups in total. The van der Waals surface area contributed by atoms with E-state index < -0.39 is 0 Å². The lowest BCUT2D eigenvalue weighted by Gasteiger charge is -2.13. The maximum Gasteiger partial charge on any atom is 0.313 e. The number of hydrogen-bond donors (Lipinski definition) is 1. The molecule has 5 aromatic rings. The van der Waals surface area contributed by atoms with Crippen molar-refractivity contribution >= 4 is 23.0 Å². The molecule has 6 rings (SSSR count). The van der Waals surface area contributed by atoms with Gasteiger partial charge in [0.25, 0.3) is 0 Å². The van der Waals surface area contributed by atoms with Crippen LogP contribution in [0.25, 0.3) is 34.1 Å². The monoisotopic (exact) mass is 451 g/mol. The summed E-state index contributed by atoms with van der Waals surface area (Å²) in [5, 5.41) is 4.31. The number of benzene rings is 1. The smallest absolute Gasteiger partial charge is 0.313 e. The molecule has 0 bridgehead atoms. The van der Waals surface area contributed by atoms with Gasteiger partial charge in [0.05, 0.1) is 18.6 Å². The van der Waals surface area contributed by atoms with Crippen LogP contribution in [0.1, 0.15) is 23.5 Å². The van der Waals surface area contributed by atoms with Crippen LogP contribution in [0.5, 0.6) is 0 Å². The number of nitrogens with zero attached hydrogens (tertiary/aromatic N) is 6. The van der Waals surface area contributed by atoms with Crippen LogP contribution in [-0.4, -0.2) is 42.4 Å². The summed E-state index contributed by atoms with van der Waals surface area (Å²) in [6.45, 7) is 0. The minimum absolute atomic E-state index is 0.200. The first-order valence-corrected chi connectivity index (χ1v) is 11.0. The molecule has 1 aromatic carbocycles. The van der Waals surface area contributed by atoms with Crippen molar-refractivity contribution in [2.45, 2.75) is 18.8 Å². The highest BCUT2D eigenvalue weighted by Gasteiger charge is 2.30. The van der Waals surface area contributed by atoms with Gasteiger partial charge in [-0.15, -0.1) is 0 Å². The van der Waals surface area contributed by atoms with Crippen LogP contribution in [-0.2, 0) is 16.0 Å². The maximum absolute atomic E-state index is 12.2. The Bertz CT molecular complexity index is 1540. The lowest BCUT2D eigenvalue weighted by atomic mass is 10.0. The third kappa shape index (κ3) is 3.13. The fraction of sp³-hybridized carbons (Fsp3) is 0.160. The lowest BCUT2D eigenvalue weighted by molar-refractivity contribution is -0.142. The first kappa shape index (κ1) is 20.1. The van der Waals surface area contributed by atoms with Gasteiger partial charge in [-0.1, -0.05) is 6.07 Å². The zero-order valence-electron chi connectivity index (χ0n) is 18.4. The number of rotatable bonds is 4. The standard InChI is InChI=1S/C25H21N7O2/c1-34-25(33)18-7-5-15-14-16(6-8-17(15)18)32-23(19-4-2-11-27-22(19)26)29-20-9-10-21(30-24(20)32)31-13-3-12-28-31/h2-4,6,8-14,18H,5,7H2,1H3,(H2,26,27). The van der Waals surface area contributed by atoms with Crippen molar-refractivity contribution in [1.29, 1.82) is 0 Å². The normalized spacial score (nSPS) is 14.9. The van der Waals surface area contributed by atoms with Crippen molar-refractivity contribution in [1.82, 2.24) is 29.3 Å². The average Bonchev–Trinajstić information content (AvgIpc) is 3.61. The summed E-state index contributed by atoms with van der Waals surface area (Å²) in [6.07, 6.45) is 6.74. The van der Waals surface area contributed by atoms with Gasteiger partial charge < -0.3 is 10.5 Å². The van der Waals surface area contributed by atoms with Gasteiger partial charge in [-0.2, -0.15) is 5.10 Å². The predicted octanol–water partition coefficient (Wildman–Crippen LogP) is 3.45. The summed E-state index contributed by atoms with van der Waals surface area (Å²) >= 11 is 0. The molecule has 0 radical (unpaired) electrons. The third-order valence-electron chi connectivity index (χ3n) is 6.26. The number of imidazole rings is 1. The number of nitrogen functional groups attached to an aromatic ring is 1. The highest BCUT2D eigenvalue weighted by atomic mass is 16.5. The Morgan fingerprint density at radius 3 is 2.82 bits per heavy atom. The number of aryl methyl sites for hydroxylation is 1. The Balaban J connectivity index is 1.58. The predicted molar refractivity (Wildman–Crippen MR) is 127 cm³/mol. The Morgan fingerprint density at radius 1 is 1.12 bits per heavy atom. The average molecular weight is 451 g/mol. The van der Waals surface area contributed by atoms with Crippen LogP contribution in [0.2, 0.25) is 0 Å². The van der Waals surface area contributed by atoms with Gasteiger partial charge in [-0.25, -0.2) is 19.6 Å². The van der Waals surface area contributed by atoms with E-state index in [2.05, 4.69) is 16.1 Å². The van der Waals surface area contributed by atoms with Crippen LogP contribution >= 0.6 is 0 Å². The number of methoxy groups -OCH3 is 1. The number of carbonyl (C=O) groups is 1. The number of esters is 1. The summed E-state index contributed by atoms with van der Waals surface area (Å²) in [5.74, 6) is 1.28. The van der Waals surface area contributed by atoms with Crippen molar-refractivity contribution < 1.29 is 9.53 Å². The molecule has 1 aliphatic carbocycles. The first-order chi connectivity index (χ1) is 16.6. The molecule has 9 heteroatoms. The molecule has 4 aromatic heterocycles. The maximum atomic E-state index is 12.2. The summed E-state index contributed by atoms with van der Waals surface area (Å²) in [5.41, 5.74) is 11.4. The van der Waals surface area contributed by atoms with E-state index in [1.807, 2.05) is 53.2 Å². The Kier molecular flexibility index (Phi) is 4.61. The fourth-order valence-corrected chi connectivity index (χ4v) is 4.64. The molecule has 0 amide bonds. The second-order valence-electron chi connectivity index (χ2n) is 8.17. The summed E-state index contributed by atoms with van der Waals surface area (Å²) in [4.78, 5) is 26.2. The van der Waals surface area contributed by atoms with E-state index in [4.69, 9.17) is 20.4 Å². The van der Waals surface area contributed by atoms with Crippen LogP contribution in [0.4, 0.5) is 5.82 Å². The quantitative estimate of drug-likeness (QED) is 0.416. The van der Waals surface area contributed by atoms with E-state index in [9.17, 15) is 4.79 Å². The molecular formula is C25H21N7O2. The van der Waals surface area contributed by atoms with Crippen molar-refractivity contribution in [3.05, 3.63) is 78.2 Å². The minimum Gasteiger partial charge on any atom is -0.469 e. The molecule has 168 valence electrons. The number of aromatic nitrogens is 6. The molecule has 34 heavy (non-hydrogen) atoms. The molecule has 4 heterocycles. The van der Waals surface area contributed by atoms with Gasteiger partial charge in [-0.3, -0.25) is 9.36 Å². The number of hydrogen-bond acceptors (Lipinski definition) is 7. The van der Waals surface area contributed by atoms with Crippen LogP contribution in [0.3, 0.4) is 0 Å². The molecule has 0 saturated heterocycles. The SMILES string of the molecule is COC(=O)C1CCc2cc(-n3c(-c4cccnc4N)nc4ccc(-n5cccn5)nc43)ccc21. The van der Waals surface area contributed by atoms with Gasteiger partial charge in [0.15, 0.2) is 17.3 Å². The number of fused-ring (bicyclic) bond motifs is 2. The summed E-state index contributed by atoms with van der Waals surface area (Å²) in [6, 6.07) is 15.5. The highest BCUT2D eigenvalue weighted by Crippen LogP contribution is 2.37. The second kappa shape index (κ2) is 7.80. The number of ether oxygens (including phenoxy) is 1. The Morgan fingerprint density at radius 2 is 2.03 bits per heavy atom. The molecule has 9 nitrogen and oxygen atoms in total. The van der Waals surface area contributed by atoms with E-state index in [1.54, 1.807) is 17.1 Å². The summed E-state index contributed by atoms with van der Waals surface area (Å²) in [7, 11) is 1.43. The van der Waals surface area contributed by atoms with E-state index in [0.717, 1.165) is 35.2 Å². The number of nitrogens with two attached hydrogens (primary N) is 1. The van der Waals surface area contributed by atoms with Gasteiger partial charge in [0.1, 0.15) is 11.3 Å². The molecule has 1 unspecified atom stereocenters. The van der Waals surface area contributed by atoms with E-state index in [1.165, 1.54) is 7.11 Å². The minimum atomic E-state index is -0.230. The van der Waals surface area contributed by atoms with Crippen LogP contribution in [0.15, 0.2) is 67.1 Å². The Labute approximate surface area is 194 Å². The zero-order chi connectivity index (χ0) is 23.2. The zero-order valence-corrected chi connectivity index (χ0v) is 18.4. The number of carbonyl (C=O) groups excluding carboxylic acids is 1. The molecule has 1 aliphatic rings. The van der Waals surface area contributed by atoms with Crippen molar-refractivity contribution in [2.24, 2.45) is 0 Å². The largest absolute Gasteiger partial charge is 0.469 e. The van der Waals surface area contributed by atoms with Crippen molar-refractivity contribution in [3.63, 3.8) is 0 Å². The number of pyridine rings is 2. The third-order valence-corrected chi connectivity index (χ3v) is 6.26. The molecule has 0 fully saturated rings. The van der Waals surface area contributed by atoms with E-state index in [-0.39, 0.29) is 11.9 Å². The topological polar surface area (TPSA) is 114 Å². The van der Waals surface area contributed by atoms with Gasteiger partial charge in [0.2, 0.25) is 0 Å². The molecular weight excluding hydrogens is 430 g/mol. The van der Waals surface area contributed by atoms with Gasteiger partial charge >= 0.3 is 5.97 Å². The Hall–Kier alpha value is -4.53. The first-order valence-electron chi connectivity index (χ1n) is 11.0. The second-order valence-corrected chi connectivity index (χ2v) is 8.17. The van der Waals surface area contributed by atoms with E-state index in [0.29, 0.717) is 28.7 Å².